The van der Waals surface area contributed by atoms with Crippen LogP contribution >= 0.6 is 31.9 Å². The molecule has 0 aromatic heterocycles. The van der Waals surface area contributed by atoms with Crippen molar-refractivity contribution in [2.45, 2.75) is 18.9 Å². The van der Waals surface area contributed by atoms with Gasteiger partial charge >= 0.3 is 0 Å². The van der Waals surface area contributed by atoms with Crippen molar-refractivity contribution in [1.29, 1.82) is 0 Å². The first-order valence-corrected chi connectivity index (χ1v) is 6.98. The molecule has 2 nitrogen and oxygen atoms in total. The molecule has 1 unspecified atom stereocenters. The third kappa shape index (κ3) is 2.86. The highest BCUT2D eigenvalue weighted by molar-refractivity contribution is 9.13. The fraction of sp³-hybridized carbons (Fsp3) is 0.500. The SMILES string of the molecule is OC(c1ccc(Br)c(Br)c1)C1CCOCC1. The van der Waals surface area contributed by atoms with E-state index >= 15 is 0 Å². The molecule has 1 atom stereocenters. The quantitative estimate of drug-likeness (QED) is 0.882. The molecule has 4 heteroatoms. The normalized spacial score (nSPS) is 19.7. The summed E-state index contributed by atoms with van der Waals surface area (Å²) < 4.78 is 7.29. The van der Waals surface area contributed by atoms with Gasteiger partial charge in [-0.1, -0.05) is 6.07 Å². The van der Waals surface area contributed by atoms with Gasteiger partial charge in [0, 0.05) is 22.2 Å². The molecule has 0 spiro atoms. The van der Waals surface area contributed by atoms with Crippen LogP contribution < -0.4 is 0 Å². The average molecular weight is 350 g/mol. The number of halogens is 2. The maximum absolute atomic E-state index is 10.3. The van der Waals surface area contributed by atoms with Crippen molar-refractivity contribution in [3.63, 3.8) is 0 Å². The summed E-state index contributed by atoms with van der Waals surface area (Å²) >= 11 is 6.88. The topological polar surface area (TPSA) is 29.5 Å². The van der Waals surface area contributed by atoms with Gasteiger partial charge in [0.15, 0.2) is 0 Å². The Bertz CT molecular complexity index is 362. The first-order chi connectivity index (χ1) is 7.68. The van der Waals surface area contributed by atoms with Crippen LogP contribution in [0, 0.1) is 5.92 Å². The number of aliphatic hydroxyl groups is 1. The number of rotatable bonds is 2. The van der Waals surface area contributed by atoms with E-state index in [1.54, 1.807) is 0 Å². The van der Waals surface area contributed by atoms with Crippen LogP contribution in [0.25, 0.3) is 0 Å². The zero-order valence-electron chi connectivity index (χ0n) is 8.83. The van der Waals surface area contributed by atoms with Crippen molar-refractivity contribution in [3.8, 4) is 0 Å². The summed E-state index contributed by atoms with van der Waals surface area (Å²) in [6, 6.07) is 5.90. The number of ether oxygens (including phenoxy) is 1. The third-order valence-corrected chi connectivity index (χ3v) is 4.88. The molecule has 1 fully saturated rings. The Morgan fingerprint density at radius 2 is 1.88 bits per heavy atom. The zero-order chi connectivity index (χ0) is 11.5. The monoisotopic (exact) mass is 348 g/mol. The Hall–Kier alpha value is 0.1000. The molecule has 0 saturated carbocycles. The molecular weight excluding hydrogens is 336 g/mol. The second kappa shape index (κ2) is 5.63. The summed E-state index contributed by atoms with van der Waals surface area (Å²) in [6.45, 7) is 1.53. The highest BCUT2D eigenvalue weighted by Crippen LogP contribution is 2.33. The highest BCUT2D eigenvalue weighted by atomic mass is 79.9. The predicted molar refractivity (Wildman–Crippen MR) is 70.3 cm³/mol. The molecule has 1 N–H and O–H groups in total. The molecule has 1 aliphatic rings. The van der Waals surface area contributed by atoms with Crippen molar-refractivity contribution >= 4 is 31.9 Å². The molecular formula is C12H14Br2O2. The predicted octanol–water partition coefficient (Wildman–Crippen LogP) is 3.67. The van der Waals surface area contributed by atoms with Crippen molar-refractivity contribution < 1.29 is 9.84 Å². The van der Waals surface area contributed by atoms with Gasteiger partial charge in [0.05, 0.1) is 6.10 Å². The molecule has 1 saturated heterocycles. The van der Waals surface area contributed by atoms with Crippen molar-refractivity contribution in [3.05, 3.63) is 32.7 Å². The first-order valence-electron chi connectivity index (χ1n) is 5.39. The third-order valence-electron chi connectivity index (χ3n) is 3.00. The fourth-order valence-electron chi connectivity index (χ4n) is 2.00. The van der Waals surface area contributed by atoms with Gasteiger partial charge in [0.25, 0.3) is 0 Å². The minimum Gasteiger partial charge on any atom is -0.388 e. The smallest absolute Gasteiger partial charge is 0.0820 e. The average Bonchev–Trinajstić information content (AvgIpc) is 2.33. The molecule has 0 amide bonds. The summed E-state index contributed by atoms with van der Waals surface area (Å²) in [4.78, 5) is 0. The molecule has 88 valence electrons. The van der Waals surface area contributed by atoms with Gasteiger partial charge in [-0.15, -0.1) is 0 Å². The molecule has 1 aliphatic heterocycles. The minimum atomic E-state index is -0.381. The van der Waals surface area contributed by atoms with Crippen LogP contribution in [0.2, 0.25) is 0 Å². The van der Waals surface area contributed by atoms with Crippen LogP contribution in [0.3, 0.4) is 0 Å². The summed E-state index contributed by atoms with van der Waals surface area (Å²) in [5, 5.41) is 10.3. The maximum atomic E-state index is 10.3. The first kappa shape index (κ1) is 12.6. The lowest BCUT2D eigenvalue weighted by molar-refractivity contribution is 0.00716. The summed E-state index contributed by atoms with van der Waals surface area (Å²) in [5.74, 6) is 0.321. The van der Waals surface area contributed by atoms with Crippen LogP contribution in [-0.2, 0) is 4.74 Å². The van der Waals surface area contributed by atoms with Gasteiger partial charge in [-0.3, -0.25) is 0 Å². The molecule has 0 radical (unpaired) electrons. The lowest BCUT2D eigenvalue weighted by atomic mass is 9.89. The van der Waals surface area contributed by atoms with Crippen LogP contribution in [-0.4, -0.2) is 18.3 Å². The second-order valence-electron chi connectivity index (χ2n) is 4.07. The van der Waals surface area contributed by atoms with Crippen LogP contribution in [0.5, 0.6) is 0 Å². The van der Waals surface area contributed by atoms with Gasteiger partial charge < -0.3 is 9.84 Å². The van der Waals surface area contributed by atoms with E-state index in [1.165, 1.54) is 0 Å². The Kier molecular flexibility index (Phi) is 4.41. The molecule has 0 aliphatic carbocycles. The maximum Gasteiger partial charge on any atom is 0.0820 e. The van der Waals surface area contributed by atoms with Gasteiger partial charge in [-0.25, -0.2) is 0 Å². The molecule has 2 rings (SSSR count). The summed E-state index contributed by atoms with van der Waals surface area (Å²) in [7, 11) is 0. The summed E-state index contributed by atoms with van der Waals surface area (Å²) in [6.07, 6.45) is 1.50. The highest BCUT2D eigenvalue weighted by Gasteiger charge is 2.23. The number of hydrogen-bond donors (Lipinski definition) is 1. The van der Waals surface area contributed by atoms with Crippen LogP contribution in [0.4, 0.5) is 0 Å². The van der Waals surface area contributed by atoms with E-state index in [9.17, 15) is 5.11 Å². The molecule has 1 heterocycles. The summed E-state index contributed by atoms with van der Waals surface area (Å²) in [5.41, 5.74) is 0.974. The van der Waals surface area contributed by atoms with Gasteiger partial charge in [0.1, 0.15) is 0 Å². The Balaban J connectivity index is 2.12. The van der Waals surface area contributed by atoms with Crippen molar-refractivity contribution in [2.24, 2.45) is 5.92 Å². The van der Waals surface area contributed by atoms with Crippen LogP contribution in [0.15, 0.2) is 27.1 Å². The van der Waals surface area contributed by atoms with E-state index in [1.807, 2.05) is 18.2 Å². The van der Waals surface area contributed by atoms with Crippen molar-refractivity contribution in [2.75, 3.05) is 13.2 Å². The van der Waals surface area contributed by atoms with E-state index in [2.05, 4.69) is 31.9 Å². The fourth-order valence-corrected chi connectivity index (χ4v) is 2.64. The van der Waals surface area contributed by atoms with Crippen molar-refractivity contribution in [1.82, 2.24) is 0 Å². The van der Waals surface area contributed by atoms with E-state index in [0.29, 0.717) is 5.92 Å². The lowest BCUT2D eigenvalue weighted by Crippen LogP contribution is -2.21. The van der Waals surface area contributed by atoms with E-state index in [0.717, 1.165) is 40.6 Å². The Morgan fingerprint density at radius 1 is 1.19 bits per heavy atom. The van der Waals surface area contributed by atoms with E-state index in [4.69, 9.17) is 4.74 Å². The molecule has 0 bridgehead atoms. The second-order valence-corrected chi connectivity index (χ2v) is 5.78. The number of benzene rings is 1. The molecule has 1 aromatic rings. The molecule has 16 heavy (non-hydrogen) atoms. The number of aliphatic hydroxyl groups excluding tert-OH is 1. The van der Waals surface area contributed by atoms with Gasteiger partial charge in [-0.2, -0.15) is 0 Å². The standard InChI is InChI=1S/C12H14Br2O2/c13-10-2-1-9(7-11(10)14)12(15)8-3-5-16-6-4-8/h1-2,7-8,12,15H,3-6H2. The van der Waals surface area contributed by atoms with E-state index < -0.39 is 0 Å². The zero-order valence-corrected chi connectivity index (χ0v) is 12.0. The minimum absolute atomic E-state index is 0.321. The van der Waals surface area contributed by atoms with Gasteiger partial charge in [-0.05, 0) is 68.3 Å². The van der Waals surface area contributed by atoms with Crippen LogP contribution in [0.1, 0.15) is 24.5 Å². The Morgan fingerprint density at radius 3 is 2.50 bits per heavy atom. The lowest BCUT2D eigenvalue weighted by Gasteiger charge is -2.27. The van der Waals surface area contributed by atoms with Gasteiger partial charge in [0.2, 0.25) is 0 Å². The molecule has 1 aromatic carbocycles. The van der Waals surface area contributed by atoms with E-state index in [-0.39, 0.29) is 6.10 Å². The Labute approximate surface area is 112 Å². The number of hydrogen-bond acceptors (Lipinski definition) is 2. The largest absolute Gasteiger partial charge is 0.388 e.